The number of anilines is 1. The molecule has 1 aliphatic carbocycles. The van der Waals surface area contributed by atoms with Gasteiger partial charge in [0, 0.05) is 24.2 Å². The monoisotopic (exact) mass is 318 g/mol. The lowest BCUT2D eigenvalue weighted by molar-refractivity contribution is -0.143. The third kappa shape index (κ3) is 3.88. The predicted molar refractivity (Wildman–Crippen MR) is 86.3 cm³/mol. The predicted octanol–water partition coefficient (Wildman–Crippen LogP) is 2.18. The van der Waals surface area contributed by atoms with Gasteiger partial charge in [0.25, 0.3) is 5.91 Å². The van der Waals surface area contributed by atoms with E-state index in [1.54, 1.807) is 32.2 Å². The summed E-state index contributed by atoms with van der Waals surface area (Å²) in [6, 6.07) is 5.16. The van der Waals surface area contributed by atoms with Crippen LogP contribution >= 0.6 is 0 Å². The molecule has 3 N–H and O–H groups in total. The van der Waals surface area contributed by atoms with Crippen LogP contribution in [0.3, 0.4) is 0 Å². The van der Waals surface area contributed by atoms with Gasteiger partial charge in [0.15, 0.2) is 0 Å². The highest BCUT2D eigenvalue weighted by atomic mass is 16.4. The molecular weight excluding hydrogens is 296 g/mol. The maximum absolute atomic E-state index is 12.4. The summed E-state index contributed by atoms with van der Waals surface area (Å²) in [5.41, 5.74) is 1.80. The lowest BCUT2D eigenvalue weighted by atomic mass is 9.81. The van der Waals surface area contributed by atoms with Gasteiger partial charge in [0.2, 0.25) is 5.91 Å². The Labute approximate surface area is 135 Å². The zero-order valence-electron chi connectivity index (χ0n) is 13.4. The average molecular weight is 318 g/mol. The van der Waals surface area contributed by atoms with E-state index >= 15 is 0 Å². The van der Waals surface area contributed by atoms with Gasteiger partial charge < -0.3 is 15.7 Å². The Balaban J connectivity index is 2.11. The van der Waals surface area contributed by atoms with Gasteiger partial charge in [-0.25, -0.2) is 0 Å². The summed E-state index contributed by atoms with van der Waals surface area (Å²) in [5.74, 6) is -1.96. The molecule has 0 aromatic heterocycles. The van der Waals surface area contributed by atoms with Crippen LogP contribution in [0, 0.1) is 18.8 Å². The van der Waals surface area contributed by atoms with Crippen molar-refractivity contribution in [3.63, 3.8) is 0 Å². The summed E-state index contributed by atoms with van der Waals surface area (Å²) in [5, 5.41) is 14.5. The van der Waals surface area contributed by atoms with Crippen molar-refractivity contribution < 1.29 is 19.5 Å². The summed E-state index contributed by atoms with van der Waals surface area (Å²) in [4.78, 5) is 35.3. The molecule has 2 rings (SSSR count). The molecule has 0 aliphatic heterocycles. The summed E-state index contributed by atoms with van der Waals surface area (Å²) in [6.07, 6.45) is 2.44. The number of carbonyl (C=O) groups excluding carboxylic acids is 2. The van der Waals surface area contributed by atoms with Crippen molar-refractivity contribution in [2.24, 2.45) is 11.8 Å². The molecule has 1 aromatic carbocycles. The molecule has 2 atom stereocenters. The van der Waals surface area contributed by atoms with Crippen LogP contribution in [-0.4, -0.2) is 29.9 Å². The highest BCUT2D eigenvalue weighted by molar-refractivity contribution is 5.99. The molecule has 124 valence electrons. The smallest absolute Gasteiger partial charge is 0.306 e. The summed E-state index contributed by atoms with van der Waals surface area (Å²) < 4.78 is 0. The van der Waals surface area contributed by atoms with E-state index < -0.39 is 11.9 Å². The molecule has 1 aliphatic rings. The Morgan fingerprint density at radius 1 is 1.17 bits per heavy atom. The van der Waals surface area contributed by atoms with E-state index in [1.165, 1.54) is 0 Å². The molecule has 2 unspecified atom stereocenters. The minimum absolute atomic E-state index is 0.173. The molecule has 0 heterocycles. The van der Waals surface area contributed by atoms with Crippen molar-refractivity contribution in [3.8, 4) is 0 Å². The zero-order valence-corrected chi connectivity index (χ0v) is 13.4. The van der Waals surface area contributed by atoms with E-state index in [1.807, 2.05) is 0 Å². The summed E-state index contributed by atoms with van der Waals surface area (Å²) >= 11 is 0. The first-order valence-electron chi connectivity index (χ1n) is 7.79. The quantitative estimate of drug-likeness (QED) is 0.793. The number of rotatable bonds is 4. The third-order valence-corrected chi connectivity index (χ3v) is 4.46. The Morgan fingerprint density at radius 3 is 2.52 bits per heavy atom. The molecule has 0 saturated heterocycles. The van der Waals surface area contributed by atoms with Crippen LogP contribution in [0.2, 0.25) is 0 Å². The molecule has 6 nitrogen and oxygen atoms in total. The van der Waals surface area contributed by atoms with Crippen molar-refractivity contribution >= 4 is 23.5 Å². The van der Waals surface area contributed by atoms with Crippen LogP contribution in [0.4, 0.5) is 5.69 Å². The Morgan fingerprint density at radius 2 is 1.87 bits per heavy atom. The normalized spacial score (nSPS) is 20.6. The van der Waals surface area contributed by atoms with Crippen LogP contribution in [0.5, 0.6) is 0 Å². The molecule has 1 saturated carbocycles. The first kappa shape index (κ1) is 17.0. The molecule has 2 amide bonds. The Kier molecular flexibility index (Phi) is 5.36. The van der Waals surface area contributed by atoms with Gasteiger partial charge in [-0.15, -0.1) is 0 Å². The van der Waals surface area contributed by atoms with Crippen molar-refractivity contribution in [2.75, 3.05) is 12.4 Å². The minimum atomic E-state index is -0.833. The number of amides is 2. The standard InChI is InChI=1S/C17H22N2O4/c1-10-13(16(21)18-2)7-4-8-14(10)19-15(20)11-5-3-6-12(9-11)17(22)23/h4,7-8,11-12H,3,5-6,9H2,1-2H3,(H,18,21)(H,19,20)(H,22,23). The van der Waals surface area contributed by atoms with Gasteiger partial charge in [-0.2, -0.15) is 0 Å². The lowest BCUT2D eigenvalue weighted by Crippen LogP contribution is -2.31. The van der Waals surface area contributed by atoms with E-state index in [9.17, 15) is 14.4 Å². The van der Waals surface area contributed by atoms with Gasteiger partial charge in [0.1, 0.15) is 0 Å². The maximum atomic E-state index is 12.4. The first-order valence-corrected chi connectivity index (χ1v) is 7.79. The molecule has 6 heteroatoms. The molecule has 23 heavy (non-hydrogen) atoms. The molecule has 0 radical (unpaired) electrons. The first-order chi connectivity index (χ1) is 10.9. The van der Waals surface area contributed by atoms with Crippen molar-refractivity contribution in [1.82, 2.24) is 5.32 Å². The number of carbonyl (C=O) groups is 3. The fourth-order valence-electron chi connectivity index (χ4n) is 3.04. The number of carboxylic acid groups (broad SMARTS) is 1. The van der Waals surface area contributed by atoms with Gasteiger partial charge in [-0.3, -0.25) is 14.4 Å². The molecule has 0 spiro atoms. The zero-order chi connectivity index (χ0) is 17.0. The van der Waals surface area contributed by atoms with Gasteiger partial charge in [0.05, 0.1) is 5.92 Å². The highest BCUT2D eigenvalue weighted by Gasteiger charge is 2.31. The fraction of sp³-hybridized carbons (Fsp3) is 0.471. The van der Waals surface area contributed by atoms with Crippen molar-refractivity contribution in [1.29, 1.82) is 0 Å². The topological polar surface area (TPSA) is 95.5 Å². The number of hydrogen-bond acceptors (Lipinski definition) is 3. The van der Waals surface area contributed by atoms with Crippen LogP contribution in [-0.2, 0) is 9.59 Å². The number of aliphatic carboxylic acids is 1. The second kappa shape index (κ2) is 7.26. The molecular formula is C17H22N2O4. The number of hydrogen-bond donors (Lipinski definition) is 3. The second-order valence-corrected chi connectivity index (χ2v) is 5.95. The van der Waals surface area contributed by atoms with Gasteiger partial charge >= 0.3 is 5.97 Å². The number of nitrogens with one attached hydrogen (secondary N) is 2. The largest absolute Gasteiger partial charge is 0.481 e. The minimum Gasteiger partial charge on any atom is -0.481 e. The summed E-state index contributed by atoms with van der Waals surface area (Å²) in [6.45, 7) is 1.78. The lowest BCUT2D eigenvalue weighted by Gasteiger charge is -2.26. The van der Waals surface area contributed by atoms with E-state index in [0.717, 1.165) is 6.42 Å². The number of benzene rings is 1. The SMILES string of the molecule is CNC(=O)c1cccc(NC(=O)C2CCCC(C(=O)O)C2)c1C. The maximum Gasteiger partial charge on any atom is 0.306 e. The molecule has 1 aromatic rings. The van der Waals surface area contributed by atoms with Crippen LogP contribution < -0.4 is 10.6 Å². The number of carboxylic acids is 1. The Bertz CT molecular complexity index is 627. The Hall–Kier alpha value is -2.37. The summed E-state index contributed by atoms with van der Waals surface area (Å²) in [7, 11) is 1.56. The highest BCUT2D eigenvalue weighted by Crippen LogP contribution is 2.30. The second-order valence-electron chi connectivity index (χ2n) is 5.95. The third-order valence-electron chi connectivity index (χ3n) is 4.46. The van der Waals surface area contributed by atoms with E-state index in [2.05, 4.69) is 10.6 Å². The van der Waals surface area contributed by atoms with Crippen molar-refractivity contribution in [3.05, 3.63) is 29.3 Å². The van der Waals surface area contributed by atoms with E-state index in [-0.39, 0.29) is 17.7 Å². The van der Waals surface area contributed by atoms with E-state index in [4.69, 9.17) is 5.11 Å². The molecule has 1 fully saturated rings. The van der Waals surface area contributed by atoms with Crippen LogP contribution in [0.15, 0.2) is 18.2 Å². The molecule has 0 bridgehead atoms. The average Bonchev–Trinajstić information content (AvgIpc) is 2.56. The van der Waals surface area contributed by atoms with Crippen LogP contribution in [0.1, 0.15) is 41.6 Å². The van der Waals surface area contributed by atoms with Gasteiger partial charge in [-0.1, -0.05) is 12.5 Å². The fourth-order valence-corrected chi connectivity index (χ4v) is 3.04. The van der Waals surface area contributed by atoms with Crippen molar-refractivity contribution in [2.45, 2.75) is 32.6 Å². The van der Waals surface area contributed by atoms with Crippen LogP contribution in [0.25, 0.3) is 0 Å². The van der Waals surface area contributed by atoms with Gasteiger partial charge in [-0.05, 0) is 43.9 Å². The van der Waals surface area contributed by atoms with E-state index in [0.29, 0.717) is 36.1 Å².